The topological polar surface area (TPSA) is 77.8 Å². The first-order chi connectivity index (χ1) is 15.0. The molecule has 0 saturated heterocycles. The van der Waals surface area contributed by atoms with E-state index in [9.17, 15) is 5.11 Å². The van der Waals surface area contributed by atoms with Crippen LogP contribution in [0.4, 0.5) is 0 Å². The number of rotatable bonds is 5. The van der Waals surface area contributed by atoms with Crippen molar-refractivity contribution in [1.29, 1.82) is 0 Å². The molecule has 4 aliphatic rings. The molecule has 0 aliphatic heterocycles. The third-order valence-electron chi connectivity index (χ3n) is 10.3. The number of fused-ring (bicyclic) bond motifs is 5. The summed E-state index contributed by atoms with van der Waals surface area (Å²) in [6, 6.07) is 0. The van der Waals surface area contributed by atoms with E-state index < -0.39 is 8.25 Å². The van der Waals surface area contributed by atoms with Crippen LogP contribution in [0.15, 0.2) is 11.6 Å². The average molecular weight is 469 g/mol. The lowest BCUT2D eigenvalue weighted by molar-refractivity contribution is -0.0573. The second-order valence-electron chi connectivity index (χ2n) is 12.5. The van der Waals surface area contributed by atoms with E-state index in [1.54, 1.807) is 5.57 Å². The summed E-state index contributed by atoms with van der Waals surface area (Å²) in [5.41, 5.74) is 2.60. The number of allylic oxidation sites excluding steroid dienone is 1. The van der Waals surface area contributed by atoms with Crippen LogP contribution in [0.2, 0.25) is 0 Å². The average Bonchev–Trinajstić information content (AvgIpc) is 3.05. The predicted molar refractivity (Wildman–Crippen MR) is 132 cm³/mol. The van der Waals surface area contributed by atoms with E-state index in [-0.39, 0.29) is 6.10 Å². The van der Waals surface area contributed by atoms with Crippen molar-refractivity contribution in [3.8, 4) is 0 Å². The third-order valence-corrected chi connectivity index (χ3v) is 10.3. The van der Waals surface area contributed by atoms with Crippen LogP contribution in [-0.4, -0.2) is 21.0 Å². The summed E-state index contributed by atoms with van der Waals surface area (Å²) in [6.07, 6.45) is 17.2. The Hall–Kier alpha value is -0.150. The quantitative estimate of drug-likeness (QED) is 0.308. The normalized spacial score (nSPS) is 41.8. The molecule has 3 N–H and O–H groups in total. The van der Waals surface area contributed by atoms with Gasteiger partial charge in [0.05, 0.1) is 6.10 Å². The van der Waals surface area contributed by atoms with Gasteiger partial charge in [-0.1, -0.05) is 65.5 Å². The highest BCUT2D eigenvalue weighted by Gasteiger charge is 2.59. The molecule has 0 heterocycles. The monoisotopic (exact) mass is 468 g/mol. The predicted octanol–water partition coefficient (Wildman–Crippen LogP) is 6.75. The fourth-order valence-corrected chi connectivity index (χ4v) is 8.67. The van der Waals surface area contributed by atoms with Crippen LogP contribution >= 0.6 is 8.25 Å². The second-order valence-corrected chi connectivity index (χ2v) is 13.0. The Morgan fingerprint density at radius 1 is 1.03 bits per heavy atom. The van der Waals surface area contributed by atoms with Gasteiger partial charge in [-0.2, -0.15) is 0 Å². The molecule has 4 rings (SSSR count). The van der Waals surface area contributed by atoms with Crippen LogP contribution in [0, 0.1) is 46.3 Å². The Balaban J connectivity index is 0.000000668. The molecule has 1 unspecified atom stereocenters. The lowest BCUT2D eigenvalue weighted by Crippen LogP contribution is -2.50. The minimum Gasteiger partial charge on any atom is -0.393 e. The van der Waals surface area contributed by atoms with Crippen LogP contribution in [0.25, 0.3) is 0 Å². The molecule has 0 aromatic carbocycles. The SMILES string of the molecule is CC(C)CCCC(C)[C@H]1CC[C@H]2[C@@H]3CC=C4C[C@@H](O)CC[C@]4(C)[C@H]3CC[C@]12C.O=[PH](O)O. The van der Waals surface area contributed by atoms with Crippen molar-refractivity contribution < 1.29 is 19.5 Å². The number of aliphatic hydroxyl groups excluding tert-OH is 1. The van der Waals surface area contributed by atoms with Gasteiger partial charge in [0.25, 0.3) is 0 Å². The Morgan fingerprint density at radius 2 is 1.72 bits per heavy atom. The van der Waals surface area contributed by atoms with Crippen LogP contribution in [-0.2, 0) is 4.57 Å². The van der Waals surface area contributed by atoms with Gasteiger partial charge < -0.3 is 14.9 Å². The van der Waals surface area contributed by atoms with Gasteiger partial charge in [-0.05, 0) is 97.7 Å². The first-order valence-corrected chi connectivity index (χ1v) is 14.6. The minimum absolute atomic E-state index is 0.0766. The fraction of sp³-hybridized carbons (Fsp3) is 0.926. The lowest BCUT2D eigenvalue weighted by atomic mass is 9.47. The third kappa shape index (κ3) is 5.40. The van der Waals surface area contributed by atoms with Gasteiger partial charge in [0.15, 0.2) is 0 Å². The molecule has 0 bridgehead atoms. The van der Waals surface area contributed by atoms with Gasteiger partial charge in [0, 0.05) is 0 Å². The molecule has 186 valence electrons. The number of hydrogen-bond acceptors (Lipinski definition) is 2. The highest BCUT2D eigenvalue weighted by atomic mass is 31.1. The Bertz CT molecular complexity index is 687. The van der Waals surface area contributed by atoms with Crippen LogP contribution in [0.5, 0.6) is 0 Å². The van der Waals surface area contributed by atoms with Gasteiger partial charge in [-0.25, -0.2) is 0 Å². The standard InChI is InChI=1S/C27H46O.H3O3P/c1-18(2)7-6-8-19(3)23-11-12-24-22-10-9-20-17-21(28)13-15-26(20,4)25(22)14-16-27(23,24)5;1-4(2)3/h9,18-19,21-25,28H,6-8,10-17H2,1-5H3;4H,(H2,1,2,3)/t19?,21-,22-,23+,24-,25-,26-,27+;/m0./s1. The highest BCUT2D eigenvalue weighted by Crippen LogP contribution is 2.67. The van der Waals surface area contributed by atoms with Crippen molar-refractivity contribution in [1.82, 2.24) is 0 Å². The summed E-state index contributed by atoms with van der Waals surface area (Å²) in [7, 11) is -3.13. The molecule has 0 aromatic rings. The van der Waals surface area contributed by atoms with E-state index in [1.165, 1.54) is 57.8 Å². The van der Waals surface area contributed by atoms with Crippen LogP contribution in [0.3, 0.4) is 0 Å². The van der Waals surface area contributed by atoms with Crippen LogP contribution in [0.1, 0.15) is 105 Å². The molecule has 3 saturated carbocycles. The fourth-order valence-electron chi connectivity index (χ4n) is 8.67. The summed E-state index contributed by atoms with van der Waals surface area (Å²) in [5.74, 6) is 5.46. The van der Waals surface area contributed by atoms with Crippen molar-refractivity contribution >= 4 is 8.25 Å². The maximum atomic E-state index is 10.2. The van der Waals surface area contributed by atoms with Crippen molar-refractivity contribution in [2.45, 2.75) is 111 Å². The summed E-state index contributed by atoms with van der Waals surface area (Å²) in [5, 5.41) is 10.2. The largest absolute Gasteiger partial charge is 0.393 e. The van der Waals surface area contributed by atoms with Gasteiger partial charge in [-0.15, -0.1) is 0 Å². The Morgan fingerprint density at radius 3 is 2.38 bits per heavy atom. The van der Waals surface area contributed by atoms with Crippen molar-refractivity contribution in [3.05, 3.63) is 11.6 Å². The van der Waals surface area contributed by atoms with E-state index in [0.717, 1.165) is 48.3 Å². The molecule has 4 nitrogen and oxygen atoms in total. The molecule has 0 spiro atoms. The molecule has 0 amide bonds. The van der Waals surface area contributed by atoms with Gasteiger partial charge in [0.2, 0.25) is 0 Å². The zero-order valence-corrected chi connectivity index (χ0v) is 22.1. The van der Waals surface area contributed by atoms with E-state index in [2.05, 4.69) is 40.7 Å². The summed E-state index contributed by atoms with van der Waals surface area (Å²) < 4.78 is 8.74. The number of hydrogen-bond donors (Lipinski definition) is 3. The van der Waals surface area contributed by atoms with E-state index >= 15 is 0 Å². The maximum Gasteiger partial charge on any atom is 0.314 e. The molecule has 0 radical (unpaired) electrons. The Labute approximate surface area is 197 Å². The molecule has 0 aromatic heterocycles. The summed E-state index contributed by atoms with van der Waals surface area (Å²) in [4.78, 5) is 14.3. The molecule has 4 aliphatic carbocycles. The zero-order chi connectivity index (χ0) is 23.7. The van der Waals surface area contributed by atoms with Crippen molar-refractivity contribution in [2.24, 2.45) is 46.3 Å². The molecule has 3 fully saturated rings. The first kappa shape index (κ1) is 26.5. The van der Waals surface area contributed by atoms with E-state index in [1.807, 2.05) is 0 Å². The molecule has 5 heteroatoms. The smallest absolute Gasteiger partial charge is 0.314 e. The van der Waals surface area contributed by atoms with E-state index in [4.69, 9.17) is 14.4 Å². The second kappa shape index (κ2) is 10.6. The molecular weight excluding hydrogens is 419 g/mol. The molecular formula is C27H49O4P. The Kier molecular flexibility index (Phi) is 8.79. The lowest BCUT2D eigenvalue weighted by Gasteiger charge is -2.58. The van der Waals surface area contributed by atoms with Crippen molar-refractivity contribution in [3.63, 3.8) is 0 Å². The zero-order valence-electron chi connectivity index (χ0n) is 21.1. The minimum atomic E-state index is -3.13. The first-order valence-electron chi connectivity index (χ1n) is 13.3. The summed E-state index contributed by atoms with van der Waals surface area (Å²) >= 11 is 0. The number of aliphatic hydroxyl groups is 1. The summed E-state index contributed by atoms with van der Waals surface area (Å²) in [6.45, 7) is 12.6. The van der Waals surface area contributed by atoms with Gasteiger partial charge in [0.1, 0.15) is 0 Å². The molecule has 8 atom stereocenters. The van der Waals surface area contributed by atoms with E-state index in [0.29, 0.717) is 10.8 Å². The molecule has 32 heavy (non-hydrogen) atoms. The van der Waals surface area contributed by atoms with Gasteiger partial charge in [-0.3, -0.25) is 4.57 Å². The maximum absolute atomic E-state index is 10.2. The highest BCUT2D eigenvalue weighted by molar-refractivity contribution is 7.30. The van der Waals surface area contributed by atoms with Gasteiger partial charge >= 0.3 is 8.25 Å². The van der Waals surface area contributed by atoms with Crippen LogP contribution < -0.4 is 0 Å². The van der Waals surface area contributed by atoms with Crippen molar-refractivity contribution in [2.75, 3.05) is 0 Å².